The molecule has 28 heavy (non-hydrogen) atoms. The SMILES string of the molecule is COc1ccc(Cl)c(OC)c1NC(=O)C(N=Nc1ccc(Cl)cc1C)C(C)=O. The molecule has 1 unspecified atom stereocenters. The first-order valence-electron chi connectivity index (χ1n) is 8.17. The average molecular weight is 424 g/mol. The Morgan fingerprint density at radius 1 is 1.11 bits per heavy atom. The molecule has 2 aromatic rings. The predicted octanol–water partition coefficient (Wildman–Crippen LogP) is 5.00. The number of Topliss-reactive ketones (excluding diaryl/α,β-unsaturated/α-hetero) is 1. The highest BCUT2D eigenvalue weighted by atomic mass is 35.5. The number of halogens is 2. The summed E-state index contributed by atoms with van der Waals surface area (Å²) >= 11 is 12.0. The lowest BCUT2D eigenvalue weighted by atomic mass is 10.2. The molecular formula is C19H19Cl2N3O4. The largest absolute Gasteiger partial charge is 0.494 e. The quantitative estimate of drug-likeness (QED) is 0.501. The van der Waals surface area contributed by atoms with Crippen molar-refractivity contribution >= 4 is 46.3 Å². The van der Waals surface area contributed by atoms with Gasteiger partial charge in [-0.05, 0) is 49.7 Å². The Morgan fingerprint density at radius 3 is 2.39 bits per heavy atom. The van der Waals surface area contributed by atoms with Crippen LogP contribution in [0.15, 0.2) is 40.6 Å². The van der Waals surface area contributed by atoms with E-state index >= 15 is 0 Å². The molecule has 2 rings (SSSR count). The van der Waals surface area contributed by atoms with Gasteiger partial charge in [-0.15, -0.1) is 0 Å². The van der Waals surface area contributed by atoms with Crippen molar-refractivity contribution in [3.8, 4) is 11.5 Å². The van der Waals surface area contributed by atoms with E-state index < -0.39 is 17.7 Å². The highest BCUT2D eigenvalue weighted by molar-refractivity contribution is 6.33. The zero-order valence-corrected chi connectivity index (χ0v) is 17.3. The second kappa shape index (κ2) is 9.52. The van der Waals surface area contributed by atoms with Gasteiger partial charge in [-0.2, -0.15) is 10.2 Å². The molecule has 0 aliphatic heterocycles. The van der Waals surface area contributed by atoms with Crippen LogP contribution in [0.1, 0.15) is 12.5 Å². The van der Waals surface area contributed by atoms with Gasteiger partial charge in [0.15, 0.2) is 11.5 Å². The molecule has 0 radical (unpaired) electrons. The van der Waals surface area contributed by atoms with Crippen molar-refractivity contribution in [1.29, 1.82) is 0 Å². The maximum Gasteiger partial charge on any atom is 0.259 e. The average Bonchev–Trinajstić information content (AvgIpc) is 2.63. The highest BCUT2D eigenvalue weighted by Crippen LogP contribution is 2.40. The Balaban J connectivity index is 2.33. The van der Waals surface area contributed by atoms with Crippen LogP contribution in [0.3, 0.4) is 0 Å². The van der Waals surface area contributed by atoms with E-state index in [1.807, 2.05) is 0 Å². The molecule has 7 nitrogen and oxygen atoms in total. The molecule has 0 spiro atoms. The van der Waals surface area contributed by atoms with E-state index in [1.54, 1.807) is 37.3 Å². The number of anilines is 1. The Labute approximate surface area is 172 Å². The van der Waals surface area contributed by atoms with Crippen molar-refractivity contribution in [1.82, 2.24) is 0 Å². The molecule has 0 heterocycles. The zero-order chi connectivity index (χ0) is 20.8. The van der Waals surface area contributed by atoms with Crippen LogP contribution in [0, 0.1) is 6.92 Å². The minimum absolute atomic E-state index is 0.201. The van der Waals surface area contributed by atoms with Gasteiger partial charge in [0, 0.05) is 5.02 Å². The third-order valence-corrected chi connectivity index (χ3v) is 4.35. The number of amides is 1. The molecular weight excluding hydrogens is 405 g/mol. The number of carbonyl (C=O) groups is 2. The monoisotopic (exact) mass is 423 g/mol. The van der Waals surface area contributed by atoms with Gasteiger partial charge in [0.1, 0.15) is 11.4 Å². The van der Waals surface area contributed by atoms with Crippen LogP contribution in [0.4, 0.5) is 11.4 Å². The first-order valence-corrected chi connectivity index (χ1v) is 8.92. The first kappa shape index (κ1) is 21.7. The molecule has 0 aliphatic carbocycles. The van der Waals surface area contributed by atoms with Crippen LogP contribution in [0.5, 0.6) is 11.5 Å². The van der Waals surface area contributed by atoms with E-state index in [1.165, 1.54) is 21.1 Å². The Kier molecular flexibility index (Phi) is 7.37. The first-order chi connectivity index (χ1) is 13.3. The van der Waals surface area contributed by atoms with Gasteiger partial charge in [0.05, 0.1) is 24.9 Å². The van der Waals surface area contributed by atoms with E-state index in [9.17, 15) is 9.59 Å². The van der Waals surface area contributed by atoms with Gasteiger partial charge in [-0.25, -0.2) is 0 Å². The van der Waals surface area contributed by atoms with E-state index in [-0.39, 0.29) is 16.5 Å². The van der Waals surface area contributed by atoms with Crippen molar-refractivity contribution in [2.24, 2.45) is 10.2 Å². The number of hydrogen-bond donors (Lipinski definition) is 1. The van der Waals surface area contributed by atoms with Crippen LogP contribution in [-0.4, -0.2) is 32.0 Å². The fraction of sp³-hybridized carbons (Fsp3) is 0.263. The third kappa shape index (κ3) is 4.99. The number of carbonyl (C=O) groups excluding carboxylic acids is 2. The number of nitrogens with one attached hydrogen (secondary N) is 1. The molecule has 1 atom stereocenters. The van der Waals surface area contributed by atoms with Crippen LogP contribution in [-0.2, 0) is 9.59 Å². The zero-order valence-electron chi connectivity index (χ0n) is 15.7. The van der Waals surface area contributed by atoms with Crippen molar-refractivity contribution in [3.63, 3.8) is 0 Å². The number of ketones is 1. The smallest absolute Gasteiger partial charge is 0.259 e. The van der Waals surface area contributed by atoms with Crippen molar-refractivity contribution in [2.45, 2.75) is 19.9 Å². The molecule has 0 aromatic heterocycles. The van der Waals surface area contributed by atoms with Crippen LogP contribution < -0.4 is 14.8 Å². The minimum Gasteiger partial charge on any atom is -0.494 e. The van der Waals surface area contributed by atoms with Crippen molar-refractivity contribution in [3.05, 3.63) is 45.9 Å². The Bertz CT molecular complexity index is 932. The number of rotatable bonds is 7. The van der Waals surface area contributed by atoms with Gasteiger partial charge >= 0.3 is 0 Å². The number of aryl methyl sites for hydroxylation is 1. The van der Waals surface area contributed by atoms with Crippen LogP contribution >= 0.6 is 23.2 Å². The number of benzene rings is 2. The summed E-state index contributed by atoms with van der Waals surface area (Å²) in [7, 11) is 2.84. The van der Waals surface area contributed by atoms with Gasteiger partial charge < -0.3 is 14.8 Å². The van der Waals surface area contributed by atoms with Crippen molar-refractivity contribution < 1.29 is 19.1 Å². The minimum atomic E-state index is -1.36. The molecule has 148 valence electrons. The molecule has 9 heteroatoms. The van der Waals surface area contributed by atoms with Gasteiger partial charge in [-0.1, -0.05) is 23.2 Å². The van der Waals surface area contributed by atoms with E-state index in [0.717, 1.165) is 5.56 Å². The molecule has 0 saturated heterocycles. The van der Waals surface area contributed by atoms with E-state index in [2.05, 4.69) is 15.5 Å². The maximum absolute atomic E-state index is 12.7. The fourth-order valence-electron chi connectivity index (χ4n) is 2.39. The lowest BCUT2D eigenvalue weighted by Crippen LogP contribution is -2.32. The normalized spacial score (nSPS) is 11.9. The van der Waals surface area contributed by atoms with Crippen LogP contribution in [0.2, 0.25) is 10.0 Å². The topological polar surface area (TPSA) is 89.3 Å². The number of ether oxygens (including phenoxy) is 2. The van der Waals surface area contributed by atoms with E-state index in [0.29, 0.717) is 16.5 Å². The molecule has 1 N–H and O–H groups in total. The standard InChI is InChI=1S/C19H19Cl2N3O4/c1-10-9-12(20)5-7-14(10)23-24-16(11(2)25)19(26)22-17-15(27-3)8-6-13(21)18(17)28-4/h5-9,16H,1-4H3,(H,22,26). The summed E-state index contributed by atoms with van der Waals surface area (Å²) in [6.07, 6.45) is 0. The summed E-state index contributed by atoms with van der Waals surface area (Å²) < 4.78 is 10.5. The molecule has 0 bridgehead atoms. The molecule has 1 amide bonds. The number of azo groups is 1. The number of hydrogen-bond acceptors (Lipinski definition) is 6. The summed E-state index contributed by atoms with van der Waals surface area (Å²) in [6, 6.07) is 6.79. The number of methoxy groups -OCH3 is 2. The Morgan fingerprint density at radius 2 is 1.82 bits per heavy atom. The summed E-state index contributed by atoms with van der Waals surface area (Å²) in [5.74, 6) is -0.640. The summed E-state index contributed by atoms with van der Waals surface area (Å²) in [5.41, 5.74) is 1.46. The van der Waals surface area contributed by atoms with E-state index in [4.69, 9.17) is 32.7 Å². The summed E-state index contributed by atoms with van der Waals surface area (Å²) in [5, 5.41) is 11.4. The van der Waals surface area contributed by atoms with Crippen LogP contribution in [0.25, 0.3) is 0 Å². The second-order valence-corrected chi connectivity index (χ2v) is 6.65. The molecule has 2 aromatic carbocycles. The lowest BCUT2D eigenvalue weighted by Gasteiger charge is -2.16. The van der Waals surface area contributed by atoms with Gasteiger partial charge in [0.2, 0.25) is 6.04 Å². The molecule has 0 fully saturated rings. The summed E-state index contributed by atoms with van der Waals surface area (Å²) in [6.45, 7) is 3.05. The lowest BCUT2D eigenvalue weighted by molar-refractivity contribution is -0.126. The summed E-state index contributed by atoms with van der Waals surface area (Å²) in [4.78, 5) is 24.7. The third-order valence-electron chi connectivity index (χ3n) is 3.82. The fourth-order valence-corrected chi connectivity index (χ4v) is 2.85. The Hall–Kier alpha value is -2.64. The predicted molar refractivity (Wildman–Crippen MR) is 108 cm³/mol. The van der Waals surface area contributed by atoms with Gasteiger partial charge in [-0.3, -0.25) is 9.59 Å². The van der Waals surface area contributed by atoms with Gasteiger partial charge in [0.25, 0.3) is 5.91 Å². The molecule has 0 saturated carbocycles. The highest BCUT2D eigenvalue weighted by Gasteiger charge is 2.26. The number of nitrogens with zero attached hydrogens (tertiary/aromatic N) is 2. The van der Waals surface area contributed by atoms with Crippen molar-refractivity contribution in [2.75, 3.05) is 19.5 Å². The maximum atomic E-state index is 12.7. The molecule has 0 aliphatic rings. The second-order valence-electron chi connectivity index (χ2n) is 5.81.